The number of rotatable bonds is 4. The SMILES string of the molecule is Cc1ccc(-c2csc(=Nc3c(C)n(C)n(-c4ccccc4)c3=O)n2N=C2C(=O)N(C)c3ccccc32)cc1C. The zero-order valence-corrected chi connectivity index (χ0v) is 23.7. The molecule has 8 nitrogen and oxygen atoms in total. The number of anilines is 1. The van der Waals surface area contributed by atoms with Crippen molar-refractivity contribution < 1.29 is 4.79 Å². The van der Waals surface area contributed by atoms with Crippen LogP contribution in [-0.4, -0.2) is 32.7 Å². The Morgan fingerprint density at radius 3 is 2.30 bits per heavy atom. The van der Waals surface area contributed by atoms with Crippen molar-refractivity contribution >= 4 is 34.3 Å². The van der Waals surface area contributed by atoms with Crippen LogP contribution in [0.5, 0.6) is 0 Å². The normalized spacial score (nSPS) is 14.4. The Hall–Kier alpha value is -4.76. The van der Waals surface area contributed by atoms with Crippen LogP contribution in [0.15, 0.2) is 93.1 Å². The van der Waals surface area contributed by atoms with E-state index < -0.39 is 0 Å². The van der Waals surface area contributed by atoms with Gasteiger partial charge in [0.25, 0.3) is 11.5 Å². The van der Waals surface area contributed by atoms with Crippen LogP contribution in [0.4, 0.5) is 11.4 Å². The third-order valence-electron chi connectivity index (χ3n) is 7.45. The van der Waals surface area contributed by atoms with Gasteiger partial charge in [-0.15, -0.1) is 11.3 Å². The van der Waals surface area contributed by atoms with Crippen LogP contribution in [0, 0.1) is 20.8 Å². The van der Waals surface area contributed by atoms with Gasteiger partial charge in [0.2, 0.25) is 4.80 Å². The number of carbonyl (C=O) groups is 1. The molecule has 0 saturated heterocycles. The van der Waals surface area contributed by atoms with Gasteiger partial charge in [-0.25, -0.2) is 14.4 Å². The number of nitrogens with zero attached hydrogens (tertiary/aromatic N) is 6. The van der Waals surface area contributed by atoms with E-state index in [1.165, 1.54) is 16.9 Å². The molecule has 40 heavy (non-hydrogen) atoms. The number of carbonyl (C=O) groups excluding carboxylic acids is 1. The number of hydrogen-bond donors (Lipinski definition) is 0. The summed E-state index contributed by atoms with van der Waals surface area (Å²) in [5, 5.41) is 6.87. The molecule has 6 rings (SSSR count). The molecule has 1 amide bonds. The van der Waals surface area contributed by atoms with Crippen LogP contribution in [0.2, 0.25) is 0 Å². The van der Waals surface area contributed by atoms with E-state index in [1.54, 1.807) is 26.0 Å². The monoisotopic (exact) mass is 548 g/mol. The highest BCUT2D eigenvalue weighted by atomic mass is 32.1. The van der Waals surface area contributed by atoms with Gasteiger partial charge in [-0.1, -0.05) is 48.5 Å². The van der Waals surface area contributed by atoms with Crippen molar-refractivity contribution in [2.45, 2.75) is 20.8 Å². The highest BCUT2D eigenvalue weighted by Gasteiger charge is 2.32. The van der Waals surface area contributed by atoms with E-state index in [9.17, 15) is 9.59 Å². The number of aryl methyl sites for hydroxylation is 2. The molecule has 2 aromatic heterocycles. The lowest BCUT2D eigenvalue weighted by Crippen LogP contribution is -2.27. The van der Waals surface area contributed by atoms with E-state index in [2.05, 4.69) is 26.0 Å². The Kier molecular flexibility index (Phi) is 6.23. The van der Waals surface area contributed by atoms with Gasteiger partial charge in [-0.05, 0) is 56.2 Å². The average molecular weight is 549 g/mol. The Balaban J connectivity index is 1.61. The summed E-state index contributed by atoms with van der Waals surface area (Å²) >= 11 is 1.38. The number of aromatic nitrogens is 3. The van der Waals surface area contributed by atoms with Gasteiger partial charge >= 0.3 is 0 Å². The van der Waals surface area contributed by atoms with E-state index in [0.29, 0.717) is 16.2 Å². The van der Waals surface area contributed by atoms with Crippen molar-refractivity contribution in [2.75, 3.05) is 11.9 Å². The number of amides is 1. The maximum absolute atomic E-state index is 13.6. The van der Waals surface area contributed by atoms with Crippen molar-refractivity contribution in [3.8, 4) is 16.9 Å². The fourth-order valence-electron chi connectivity index (χ4n) is 4.90. The molecule has 200 valence electrons. The molecule has 5 aromatic rings. The minimum atomic E-state index is -0.228. The molecule has 0 fully saturated rings. The van der Waals surface area contributed by atoms with Gasteiger partial charge in [0, 0.05) is 30.6 Å². The fourth-order valence-corrected chi connectivity index (χ4v) is 5.73. The predicted molar refractivity (Wildman–Crippen MR) is 160 cm³/mol. The first-order chi connectivity index (χ1) is 19.3. The fraction of sp³-hybridized carbons (Fsp3) is 0.161. The highest BCUT2D eigenvalue weighted by molar-refractivity contribution is 7.07. The molecule has 9 heteroatoms. The summed E-state index contributed by atoms with van der Waals surface area (Å²) in [7, 11) is 3.59. The molecule has 0 aliphatic carbocycles. The largest absolute Gasteiger partial charge is 0.309 e. The van der Waals surface area contributed by atoms with Crippen LogP contribution >= 0.6 is 11.3 Å². The number of hydrogen-bond acceptors (Lipinski definition) is 5. The molecule has 0 saturated carbocycles. The van der Waals surface area contributed by atoms with Crippen LogP contribution in [0.1, 0.15) is 22.4 Å². The summed E-state index contributed by atoms with van der Waals surface area (Å²) in [6.45, 7) is 6.01. The Labute approximate surface area is 235 Å². The lowest BCUT2D eigenvalue weighted by molar-refractivity contribution is -0.112. The summed E-state index contributed by atoms with van der Waals surface area (Å²) < 4.78 is 5.10. The first kappa shape index (κ1) is 25.5. The summed E-state index contributed by atoms with van der Waals surface area (Å²) in [6, 6.07) is 23.3. The Morgan fingerprint density at radius 1 is 0.825 bits per heavy atom. The molecule has 0 bridgehead atoms. The third-order valence-corrected chi connectivity index (χ3v) is 8.26. The van der Waals surface area contributed by atoms with Crippen LogP contribution in [0.3, 0.4) is 0 Å². The van der Waals surface area contributed by atoms with Gasteiger partial charge in [-0.2, -0.15) is 5.10 Å². The molecule has 0 unspecified atom stereocenters. The van der Waals surface area contributed by atoms with Crippen LogP contribution < -0.4 is 15.3 Å². The molecule has 0 N–H and O–H groups in total. The van der Waals surface area contributed by atoms with Crippen molar-refractivity contribution in [2.24, 2.45) is 17.1 Å². The summed E-state index contributed by atoms with van der Waals surface area (Å²) in [6.07, 6.45) is 0. The first-order valence-electron chi connectivity index (χ1n) is 12.9. The topological polar surface area (TPSA) is 76.9 Å². The average Bonchev–Trinajstić information content (AvgIpc) is 3.54. The summed E-state index contributed by atoms with van der Waals surface area (Å²) in [5.74, 6) is -0.195. The van der Waals surface area contributed by atoms with E-state index in [1.807, 2.05) is 80.0 Å². The maximum Gasteiger partial charge on any atom is 0.297 e. The highest BCUT2D eigenvalue weighted by Crippen LogP contribution is 2.29. The second kappa shape index (κ2) is 9.77. The van der Waals surface area contributed by atoms with Gasteiger partial charge in [-0.3, -0.25) is 14.3 Å². The summed E-state index contributed by atoms with van der Waals surface area (Å²) in [5.41, 5.74) is 7.53. The number of benzene rings is 3. The molecule has 0 radical (unpaired) electrons. The molecule has 3 heterocycles. The zero-order chi connectivity index (χ0) is 28.1. The van der Waals surface area contributed by atoms with Crippen LogP contribution in [-0.2, 0) is 11.8 Å². The number of para-hydroxylation sites is 2. The number of likely N-dealkylation sites (N-methyl/N-ethyl adjacent to an activating group) is 1. The number of fused-ring (bicyclic) bond motifs is 1. The second-order valence-electron chi connectivity index (χ2n) is 9.87. The van der Waals surface area contributed by atoms with E-state index in [0.717, 1.165) is 39.5 Å². The van der Waals surface area contributed by atoms with Crippen molar-refractivity contribution in [1.29, 1.82) is 0 Å². The smallest absolute Gasteiger partial charge is 0.297 e. The first-order valence-corrected chi connectivity index (χ1v) is 13.8. The molecule has 3 aromatic carbocycles. The second-order valence-corrected chi connectivity index (χ2v) is 10.7. The molecule has 1 aliphatic rings. The van der Waals surface area contributed by atoms with Gasteiger partial charge in [0.15, 0.2) is 11.4 Å². The minimum absolute atomic E-state index is 0.195. The van der Waals surface area contributed by atoms with E-state index >= 15 is 0 Å². The quantitative estimate of drug-likeness (QED) is 0.314. The Bertz CT molecular complexity index is 1960. The number of thiazole rings is 1. The lowest BCUT2D eigenvalue weighted by Gasteiger charge is -2.08. The van der Waals surface area contributed by atoms with Gasteiger partial charge in [0.05, 0.1) is 22.8 Å². The molecular formula is C31H28N6O2S. The molecule has 0 atom stereocenters. The van der Waals surface area contributed by atoms with Crippen molar-refractivity contribution in [1.82, 2.24) is 14.0 Å². The van der Waals surface area contributed by atoms with E-state index in [4.69, 9.17) is 10.1 Å². The molecule has 1 aliphatic heterocycles. The molecule has 0 spiro atoms. The molecular weight excluding hydrogens is 520 g/mol. The third kappa shape index (κ3) is 4.06. The minimum Gasteiger partial charge on any atom is -0.309 e. The van der Waals surface area contributed by atoms with Crippen LogP contribution in [0.25, 0.3) is 16.9 Å². The Morgan fingerprint density at radius 2 is 1.55 bits per heavy atom. The maximum atomic E-state index is 13.6. The van der Waals surface area contributed by atoms with Crippen molar-refractivity contribution in [3.63, 3.8) is 0 Å². The van der Waals surface area contributed by atoms with Gasteiger partial charge in [0.1, 0.15) is 0 Å². The zero-order valence-electron chi connectivity index (χ0n) is 22.9. The summed E-state index contributed by atoms with van der Waals surface area (Å²) in [4.78, 5) is 33.9. The standard InChI is InChI=1S/C31H28N6O2S/c1-19-15-16-22(17-20(19)2)26-18-40-31(36(26)33-28-24-13-9-10-14-25(24)34(4)29(28)38)32-27-21(3)35(5)37(30(27)39)23-11-7-6-8-12-23/h6-18H,1-5H3. The lowest BCUT2D eigenvalue weighted by atomic mass is 10.1. The van der Waals surface area contributed by atoms with Gasteiger partial charge < -0.3 is 4.90 Å². The predicted octanol–water partition coefficient (Wildman–Crippen LogP) is 5.09. The van der Waals surface area contributed by atoms with Crippen molar-refractivity contribution in [3.05, 3.63) is 116 Å². The van der Waals surface area contributed by atoms with E-state index in [-0.39, 0.29) is 11.5 Å².